The molecule has 0 spiro atoms. The van der Waals surface area contributed by atoms with Crippen LogP contribution in [0.25, 0.3) is 11.0 Å². The lowest BCUT2D eigenvalue weighted by atomic mass is 10.1. The summed E-state index contributed by atoms with van der Waals surface area (Å²) in [7, 11) is 1.60. The summed E-state index contributed by atoms with van der Waals surface area (Å²) in [5.41, 5.74) is 2.18. The van der Waals surface area contributed by atoms with E-state index < -0.39 is 0 Å². The maximum atomic E-state index is 12.5. The van der Waals surface area contributed by atoms with Crippen LogP contribution in [0.5, 0.6) is 11.5 Å². The number of hydrogen-bond acceptors (Lipinski definition) is 6. The first-order valence-corrected chi connectivity index (χ1v) is 9.10. The van der Waals surface area contributed by atoms with Gasteiger partial charge in [-0.15, -0.1) is 0 Å². The largest absolute Gasteiger partial charge is 0.497 e. The number of nitrogens with zero attached hydrogens (tertiary/aromatic N) is 3. The van der Waals surface area contributed by atoms with Gasteiger partial charge < -0.3 is 19.2 Å². The van der Waals surface area contributed by atoms with Crippen molar-refractivity contribution < 1.29 is 18.7 Å². The Bertz CT molecular complexity index is 1110. The van der Waals surface area contributed by atoms with Crippen LogP contribution < -0.4 is 14.8 Å². The highest BCUT2D eigenvalue weighted by Crippen LogP contribution is 2.26. The normalized spacial score (nSPS) is 10.8. The Hall–Kier alpha value is -3.81. The standard InChI is InChI=1S/C21H20N4O4/c1-27-17-5-6-19-15(12-29-20(19)11-17)9-21(26)24-16-3-2-4-18(10-16)28-8-7-25-14-22-13-23-25/h2-6,10-14H,7-9H2,1H3,(H,24,26). The predicted octanol–water partition coefficient (Wildman–Crippen LogP) is 3.29. The molecule has 2 aromatic carbocycles. The molecule has 0 radical (unpaired) electrons. The Morgan fingerprint density at radius 2 is 2.14 bits per heavy atom. The molecule has 29 heavy (non-hydrogen) atoms. The number of anilines is 1. The second kappa shape index (κ2) is 8.47. The van der Waals surface area contributed by atoms with Crippen molar-refractivity contribution in [2.24, 2.45) is 0 Å². The summed E-state index contributed by atoms with van der Waals surface area (Å²) in [5.74, 6) is 1.25. The molecule has 0 aliphatic rings. The van der Waals surface area contributed by atoms with Gasteiger partial charge >= 0.3 is 0 Å². The smallest absolute Gasteiger partial charge is 0.228 e. The monoisotopic (exact) mass is 392 g/mol. The minimum atomic E-state index is -0.136. The molecule has 0 unspecified atom stereocenters. The topological polar surface area (TPSA) is 91.4 Å². The first kappa shape index (κ1) is 18.5. The Kier molecular flexibility index (Phi) is 5.42. The highest BCUT2D eigenvalue weighted by Gasteiger charge is 2.12. The SMILES string of the molecule is COc1ccc2c(CC(=O)Nc3cccc(OCCn4cncn4)c3)coc2c1. The number of ether oxygens (including phenoxy) is 2. The van der Waals surface area contributed by atoms with Gasteiger partial charge in [-0.05, 0) is 24.3 Å². The van der Waals surface area contributed by atoms with Gasteiger partial charge in [0.05, 0.1) is 26.3 Å². The van der Waals surface area contributed by atoms with E-state index in [1.807, 2.05) is 30.3 Å². The average molecular weight is 392 g/mol. The Morgan fingerprint density at radius 3 is 2.97 bits per heavy atom. The molecule has 4 aromatic rings. The number of aromatic nitrogens is 3. The van der Waals surface area contributed by atoms with E-state index in [1.165, 1.54) is 6.33 Å². The van der Waals surface area contributed by atoms with Gasteiger partial charge in [0.25, 0.3) is 0 Å². The van der Waals surface area contributed by atoms with Gasteiger partial charge in [-0.2, -0.15) is 5.10 Å². The van der Waals surface area contributed by atoms with E-state index in [9.17, 15) is 4.79 Å². The fourth-order valence-corrected chi connectivity index (χ4v) is 2.97. The van der Waals surface area contributed by atoms with E-state index in [0.717, 1.165) is 10.9 Å². The molecule has 0 saturated carbocycles. The molecule has 148 valence electrons. The van der Waals surface area contributed by atoms with E-state index in [4.69, 9.17) is 13.9 Å². The minimum absolute atomic E-state index is 0.136. The number of nitrogens with one attached hydrogen (secondary N) is 1. The summed E-state index contributed by atoms with van der Waals surface area (Å²) in [6, 6.07) is 12.8. The van der Waals surface area contributed by atoms with Crippen molar-refractivity contribution >= 4 is 22.6 Å². The second-order valence-electron chi connectivity index (χ2n) is 6.38. The zero-order valence-corrected chi connectivity index (χ0v) is 15.9. The number of hydrogen-bond donors (Lipinski definition) is 1. The third-order valence-electron chi connectivity index (χ3n) is 4.39. The molecule has 0 bridgehead atoms. The molecule has 0 saturated heterocycles. The molecule has 0 aliphatic carbocycles. The lowest BCUT2D eigenvalue weighted by Gasteiger charge is -2.09. The van der Waals surface area contributed by atoms with Gasteiger partial charge in [0.15, 0.2) is 0 Å². The summed E-state index contributed by atoms with van der Waals surface area (Å²) in [6.07, 6.45) is 4.93. The number of amides is 1. The Morgan fingerprint density at radius 1 is 1.21 bits per heavy atom. The van der Waals surface area contributed by atoms with E-state index in [1.54, 1.807) is 36.5 Å². The molecule has 1 N–H and O–H groups in total. The highest BCUT2D eigenvalue weighted by molar-refractivity contribution is 5.95. The van der Waals surface area contributed by atoms with Crippen molar-refractivity contribution in [2.45, 2.75) is 13.0 Å². The molecular weight excluding hydrogens is 372 g/mol. The number of fused-ring (bicyclic) bond motifs is 1. The molecule has 1 amide bonds. The van der Waals surface area contributed by atoms with Crippen LogP contribution in [-0.2, 0) is 17.8 Å². The van der Waals surface area contributed by atoms with E-state index in [-0.39, 0.29) is 12.3 Å². The number of rotatable bonds is 8. The molecule has 0 atom stereocenters. The number of carbonyl (C=O) groups excluding carboxylic acids is 1. The lowest BCUT2D eigenvalue weighted by Crippen LogP contribution is -2.14. The van der Waals surface area contributed by atoms with Crippen LogP contribution in [0.15, 0.2) is 65.8 Å². The molecule has 8 nitrogen and oxygen atoms in total. The van der Waals surface area contributed by atoms with Crippen LogP contribution in [0.4, 0.5) is 5.69 Å². The first-order chi connectivity index (χ1) is 14.2. The summed E-state index contributed by atoms with van der Waals surface area (Å²) in [5, 5.41) is 7.82. The molecular formula is C21H20N4O4. The van der Waals surface area contributed by atoms with Crippen LogP contribution >= 0.6 is 0 Å². The Labute approximate surface area is 167 Å². The van der Waals surface area contributed by atoms with Crippen molar-refractivity contribution in [3.63, 3.8) is 0 Å². The Balaban J connectivity index is 1.36. The minimum Gasteiger partial charge on any atom is -0.497 e. The van der Waals surface area contributed by atoms with Crippen LogP contribution in [-0.4, -0.2) is 34.4 Å². The number of benzene rings is 2. The van der Waals surface area contributed by atoms with Crippen LogP contribution in [0.3, 0.4) is 0 Å². The summed E-state index contributed by atoms with van der Waals surface area (Å²) in [4.78, 5) is 16.4. The lowest BCUT2D eigenvalue weighted by molar-refractivity contribution is -0.115. The van der Waals surface area contributed by atoms with Crippen LogP contribution in [0.2, 0.25) is 0 Å². The summed E-state index contributed by atoms with van der Waals surface area (Å²) in [6.45, 7) is 1.04. The number of methoxy groups -OCH3 is 1. The second-order valence-corrected chi connectivity index (χ2v) is 6.38. The van der Waals surface area contributed by atoms with Gasteiger partial charge in [0, 0.05) is 28.8 Å². The van der Waals surface area contributed by atoms with E-state index in [0.29, 0.717) is 35.9 Å². The summed E-state index contributed by atoms with van der Waals surface area (Å²) < 4.78 is 18.1. The molecule has 0 aliphatic heterocycles. The predicted molar refractivity (Wildman–Crippen MR) is 107 cm³/mol. The van der Waals surface area contributed by atoms with Gasteiger partial charge in [-0.1, -0.05) is 6.07 Å². The maximum Gasteiger partial charge on any atom is 0.228 e. The molecule has 2 aromatic heterocycles. The van der Waals surface area contributed by atoms with Crippen molar-refractivity contribution in [2.75, 3.05) is 19.0 Å². The summed E-state index contributed by atoms with van der Waals surface area (Å²) >= 11 is 0. The number of furan rings is 1. The van der Waals surface area contributed by atoms with E-state index in [2.05, 4.69) is 15.4 Å². The molecule has 8 heteroatoms. The third kappa shape index (κ3) is 4.55. The van der Waals surface area contributed by atoms with Gasteiger partial charge in [-0.3, -0.25) is 4.79 Å². The molecule has 0 fully saturated rings. The molecule has 4 rings (SSSR count). The number of carbonyl (C=O) groups is 1. The van der Waals surface area contributed by atoms with Gasteiger partial charge in [0.1, 0.15) is 36.3 Å². The average Bonchev–Trinajstić information content (AvgIpc) is 3.38. The van der Waals surface area contributed by atoms with Crippen molar-refractivity contribution in [3.8, 4) is 11.5 Å². The van der Waals surface area contributed by atoms with Crippen molar-refractivity contribution in [1.29, 1.82) is 0 Å². The van der Waals surface area contributed by atoms with Gasteiger partial charge in [0.2, 0.25) is 5.91 Å². The van der Waals surface area contributed by atoms with Crippen LogP contribution in [0, 0.1) is 0 Å². The fraction of sp³-hybridized carbons (Fsp3) is 0.190. The fourth-order valence-electron chi connectivity index (χ4n) is 2.97. The molecule has 2 heterocycles. The maximum absolute atomic E-state index is 12.5. The zero-order chi connectivity index (χ0) is 20.1. The zero-order valence-electron chi connectivity index (χ0n) is 15.9. The van der Waals surface area contributed by atoms with Crippen LogP contribution in [0.1, 0.15) is 5.56 Å². The third-order valence-corrected chi connectivity index (χ3v) is 4.39. The highest BCUT2D eigenvalue weighted by atomic mass is 16.5. The van der Waals surface area contributed by atoms with Crippen molar-refractivity contribution in [1.82, 2.24) is 14.8 Å². The quantitative estimate of drug-likeness (QED) is 0.495. The van der Waals surface area contributed by atoms with Gasteiger partial charge in [-0.25, -0.2) is 9.67 Å². The first-order valence-electron chi connectivity index (χ1n) is 9.10. The van der Waals surface area contributed by atoms with Crippen molar-refractivity contribution in [3.05, 3.63) is 66.9 Å². The van der Waals surface area contributed by atoms with E-state index >= 15 is 0 Å².